The van der Waals surface area contributed by atoms with Crippen molar-refractivity contribution in [1.82, 2.24) is 39.8 Å². The Balaban J connectivity index is 0.000000130. The van der Waals surface area contributed by atoms with Crippen LogP contribution >= 0.6 is 0 Å². The summed E-state index contributed by atoms with van der Waals surface area (Å²) in [5.41, 5.74) is 7.15. The number of aryl methyl sites for hydroxylation is 1. The second kappa shape index (κ2) is 19.0. The fourth-order valence-electron chi connectivity index (χ4n) is 7.40. The number of nitrogens with zero attached hydrogens (tertiary/aromatic N) is 8. The Bertz CT molecular complexity index is 3160. The molecule has 0 fully saturated rings. The first-order valence-corrected chi connectivity index (χ1v) is 20.1. The van der Waals surface area contributed by atoms with Crippen molar-refractivity contribution in [2.75, 3.05) is 14.2 Å². The number of methoxy groups -OCH3 is 2. The first kappa shape index (κ1) is 42.7. The van der Waals surface area contributed by atoms with Crippen molar-refractivity contribution in [3.63, 3.8) is 0 Å². The van der Waals surface area contributed by atoms with Crippen LogP contribution < -0.4 is 14.6 Å². The van der Waals surface area contributed by atoms with Gasteiger partial charge in [-0.3, -0.25) is 4.79 Å². The van der Waals surface area contributed by atoms with E-state index in [1.54, 1.807) is 67.1 Å². The molecule has 1 radical (unpaired) electrons. The van der Waals surface area contributed by atoms with Crippen molar-refractivity contribution in [1.29, 1.82) is 0 Å². The van der Waals surface area contributed by atoms with Gasteiger partial charge >= 0.3 is 0 Å². The molecular weight excluding hydrogens is 981 g/mol. The quantitative estimate of drug-likeness (QED) is 0.143. The van der Waals surface area contributed by atoms with E-state index in [2.05, 4.69) is 37.6 Å². The van der Waals surface area contributed by atoms with E-state index in [9.17, 15) is 9.90 Å². The molecule has 0 N–H and O–H groups in total. The maximum Gasteiger partial charge on any atom is 0.195 e. The Morgan fingerprint density at radius 1 is 0.469 bits per heavy atom. The van der Waals surface area contributed by atoms with Gasteiger partial charge in [-0.25, -0.2) is 4.68 Å². The largest absolute Gasteiger partial charge is 0.858 e. The summed E-state index contributed by atoms with van der Waals surface area (Å²) in [4.78, 5) is 15.9. The molecule has 0 unspecified atom stereocenters. The molecule has 11 rings (SSSR count). The van der Waals surface area contributed by atoms with Crippen molar-refractivity contribution >= 4 is 49.4 Å². The topological polar surface area (TPSA) is 138 Å². The minimum Gasteiger partial charge on any atom is -0.858 e. The third-order valence-electron chi connectivity index (χ3n) is 10.4. The molecule has 64 heavy (non-hydrogen) atoms. The molecule has 0 aliphatic heterocycles. The Kier molecular flexibility index (Phi) is 12.6. The van der Waals surface area contributed by atoms with Crippen LogP contribution in [-0.4, -0.2) is 59.8 Å². The zero-order valence-corrected chi connectivity index (χ0v) is 37.3. The van der Waals surface area contributed by atoms with Crippen molar-refractivity contribution in [3.8, 4) is 34.4 Å². The maximum atomic E-state index is 12.5. The van der Waals surface area contributed by atoms with Crippen LogP contribution in [0.15, 0.2) is 182 Å². The van der Waals surface area contributed by atoms with Gasteiger partial charge in [-0.15, -0.1) is 30.0 Å². The molecule has 13 heteroatoms. The Morgan fingerprint density at radius 3 is 1.27 bits per heavy atom. The van der Waals surface area contributed by atoms with E-state index >= 15 is 0 Å². The van der Waals surface area contributed by atoms with Crippen LogP contribution in [0, 0.1) is 6.92 Å². The fourth-order valence-corrected chi connectivity index (χ4v) is 7.40. The van der Waals surface area contributed by atoms with E-state index in [0.29, 0.717) is 16.9 Å². The molecule has 0 atom stereocenters. The van der Waals surface area contributed by atoms with Crippen LogP contribution in [0.5, 0.6) is 17.4 Å². The molecular formula is C51H39IrN8O4-. The molecule has 3 aromatic heterocycles. The molecule has 8 aromatic carbocycles. The summed E-state index contributed by atoms with van der Waals surface area (Å²) in [7, 11) is 3.36. The van der Waals surface area contributed by atoms with E-state index in [1.807, 2.05) is 133 Å². The summed E-state index contributed by atoms with van der Waals surface area (Å²) in [5.74, 6) is 1.03. The Labute approximate surface area is 381 Å². The zero-order chi connectivity index (χ0) is 43.3. The van der Waals surface area contributed by atoms with Crippen LogP contribution in [0.4, 0.5) is 0 Å². The molecule has 0 amide bonds. The van der Waals surface area contributed by atoms with Crippen LogP contribution in [0.3, 0.4) is 0 Å². The van der Waals surface area contributed by atoms with Gasteiger partial charge in [0.2, 0.25) is 0 Å². The van der Waals surface area contributed by atoms with Crippen LogP contribution in [-0.2, 0) is 20.1 Å². The summed E-state index contributed by atoms with van der Waals surface area (Å²) < 4.78 is 12.1. The van der Waals surface area contributed by atoms with Crippen molar-refractivity contribution in [3.05, 3.63) is 199 Å². The predicted octanol–water partition coefficient (Wildman–Crippen LogP) is 9.65. The summed E-state index contributed by atoms with van der Waals surface area (Å²) in [6, 6.07) is 57.6. The number of ether oxygens (including phenoxy) is 2. The minimum absolute atomic E-state index is 0. The normalized spacial score (nSPS) is 10.7. The number of hydrogen-bond acceptors (Lipinski definition) is 9. The van der Waals surface area contributed by atoms with Gasteiger partial charge in [-0.05, 0) is 67.6 Å². The van der Waals surface area contributed by atoms with E-state index in [-0.39, 0.29) is 37.3 Å². The molecule has 11 aromatic rings. The smallest absolute Gasteiger partial charge is 0.195 e. The Hall–Kier alpha value is -7.99. The molecule has 12 nitrogen and oxygen atoms in total. The first-order valence-electron chi connectivity index (χ1n) is 20.1. The number of benzene rings is 8. The monoisotopic (exact) mass is 1020 g/mol. The van der Waals surface area contributed by atoms with Crippen LogP contribution in [0.2, 0.25) is 0 Å². The molecule has 0 saturated carbocycles. The number of ketones is 1. The molecule has 0 saturated heterocycles. The average Bonchev–Trinajstić information content (AvgIpc) is 4.06. The van der Waals surface area contributed by atoms with Gasteiger partial charge in [0.25, 0.3) is 0 Å². The van der Waals surface area contributed by atoms with Gasteiger partial charge in [0, 0.05) is 53.1 Å². The third-order valence-corrected chi connectivity index (χ3v) is 10.4. The SMILES string of the molecule is COc1ccc(-n2nc3ccccc3n2)c2ccccc12.COc1ccc(-n2nc3ccccc3n2)c2ccccc12.Cc1nn(-c2ccccc2)c([O-])c1C(=O)c1ccccc1.[Ir]. The number of carbonyl (C=O) groups excluding carboxylic acids is 1. The molecule has 0 aliphatic carbocycles. The zero-order valence-electron chi connectivity index (χ0n) is 34.9. The predicted molar refractivity (Wildman–Crippen MR) is 243 cm³/mol. The molecule has 0 spiro atoms. The van der Waals surface area contributed by atoms with E-state index < -0.39 is 0 Å². The van der Waals surface area contributed by atoms with Crippen LogP contribution in [0.1, 0.15) is 21.6 Å². The van der Waals surface area contributed by atoms with E-state index in [1.165, 1.54) is 4.68 Å². The van der Waals surface area contributed by atoms with Gasteiger partial charge < -0.3 is 14.6 Å². The molecule has 3 heterocycles. The Morgan fingerprint density at radius 2 is 0.844 bits per heavy atom. The number of hydrogen-bond donors (Lipinski definition) is 0. The average molecular weight is 1020 g/mol. The van der Waals surface area contributed by atoms with Gasteiger partial charge in [-0.2, -0.15) is 5.10 Å². The number of fused-ring (bicyclic) bond motifs is 4. The van der Waals surface area contributed by atoms with Crippen LogP contribution in [0.25, 0.3) is 60.7 Å². The maximum absolute atomic E-state index is 12.5. The summed E-state index contributed by atoms with van der Waals surface area (Å²) >= 11 is 0. The van der Waals surface area contributed by atoms with Crippen molar-refractivity contribution in [2.45, 2.75) is 6.92 Å². The van der Waals surface area contributed by atoms with Crippen molar-refractivity contribution in [2.24, 2.45) is 0 Å². The number of aromatic nitrogens is 8. The fraction of sp³-hybridized carbons (Fsp3) is 0.0588. The number of rotatable bonds is 7. The summed E-state index contributed by atoms with van der Waals surface area (Å²) in [5, 5.41) is 39.2. The second-order valence-electron chi connectivity index (χ2n) is 14.3. The van der Waals surface area contributed by atoms with E-state index in [0.717, 1.165) is 66.5 Å². The molecule has 317 valence electrons. The second-order valence-corrected chi connectivity index (χ2v) is 14.3. The summed E-state index contributed by atoms with van der Waals surface area (Å²) in [6.07, 6.45) is 0. The summed E-state index contributed by atoms with van der Waals surface area (Å²) in [6.45, 7) is 1.68. The van der Waals surface area contributed by atoms with Crippen molar-refractivity contribution < 1.29 is 39.5 Å². The van der Waals surface area contributed by atoms with Gasteiger partial charge in [0.1, 0.15) is 33.6 Å². The van der Waals surface area contributed by atoms with Gasteiger partial charge in [0.15, 0.2) is 5.78 Å². The molecule has 0 bridgehead atoms. The van der Waals surface area contributed by atoms with Gasteiger partial charge in [0.05, 0.1) is 42.5 Å². The minimum atomic E-state index is -0.382. The number of carbonyl (C=O) groups is 1. The third kappa shape index (κ3) is 8.45. The standard InChI is InChI=1S/2C17H13N3O.C17H14N2O2.Ir/c2*1-21-17-11-10-16(12-6-2-3-7-13(12)17)20-18-14-8-4-5-9-15(14)19-20;1-12-15(16(20)13-8-4-2-5-9-13)17(21)19(18-12)14-10-6-3-7-11-14;/h2*2-11H,1H3;2-11,21H,1H3;/p-1. The molecule has 0 aliphatic rings. The first-order chi connectivity index (χ1) is 30.9. The van der Waals surface area contributed by atoms with E-state index in [4.69, 9.17) is 9.47 Å². The number of para-hydroxylation sites is 1. The van der Waals surface area contributed by atoms with Gasteiger partial charge in [-0.1, -0.05) is 121 Å².